The van der Waals surface area contributed by atoms with Crippen LogP contribution in [0.15, 0.2) is 95.4 Å². The molecule has 0 saturated carbocycles. The summed E-state index contributed by atoms with van der Waals surface area (Å²) < 4.78 is 6.05. The molecule has 0 bridgehead atoms. The van der Waals surface area contributed by atoms with Crippen molar-refractivity contribution in [2.75, 3.05) is 5.32 Å². The van der Waals surface area contributed by atoms with Crippen molar-refractivity contribution < 1.29 is 4.42 Å². The zero-order valence-electron chi connectivity index (χ0n) is 15.8. The Morgan fingerprint density at radius 3 is 2.29 bits per heavy atom. The number of anilines is 2. The van der Waals surface area contributed by atoms with Crippen molar-refractivity contribution in [1.29, 1.82) is 0 Å². The third-order valence-electron chi connectivity index (χ3n) is 5.20. The predicted octanol–water partition coefficient (Wildman–Crippen LogP) is 7.56. The first-order valence-electron chi connectivity index (χ1n) is 9.68. The van der Waals surface area contributed by atoms with E-state index in [4.69, 9.17) is 4.42 Å². The number of hydrogen-bond donors (Lipinski definition) is 1. The second-order valence-corrected chi connectivity index (χ2v) is 7.07. The van der Waals surface area contributed by atoms with Crippen molar-refractivity contribution in [3.63, 3.8) is 0 Å². The van der Waals surface area contributed by atoms with Crippen molar-refractivity contribution in [2.45, 2.75) is 13.3 Å². The summed E-state index contributed by atoms with van der Waals surface area (Å²) in [6.07, 6.45) is 1.03. The van der Waals surface area contributed by atoms with Crippen molar-refractivity contribution in [3.05, 3.63) is 96.6 Å². The van der Waals surface area contributed by atoms with Gasteiger partial charge in [-0.25, -0.2) is 0 Å². The van der Waals surface area contributed by atoms with Gasteiger partial charge in [0.05, 0.1) is 0 Å². The van der Waals surface area contributed by atoms with Crippen molar-refractivity contribution >= 4 is 33.3 Å². The van der Waals surface area contributed by atoms with Crippen LogP contribution >= 0.6 is 0 Å². The molecule has 0 fully saturated rings. The number of furan rings is 1. The first-order chi connectivity index (χ1) is 13.8. The lowest BCUT2D eigenvalue weighted by Gasteiger charge is -2.10. The Hall–Kier alpha value is -3.52. The topological polar surface area (TPSA) is 25.2 Å². The Balaban J connectivity index is 1.51. The number of rotatable bonds is 4. The van der Waals surface area contributed by atoms with Gasteiger partial charge in [0.25, 0.3) is 0 Å². The molecule has 1 heterocycles. The van der Waals surface area contributed by atoms with E-state index in [-0.39, 0.29) is 0 Å². The molecule has 28 heavy (non-hydrogen) atoms. The van der Waals surface area contributed by atoms with Crippen molar-refractivity contribution in [3.8, 4) is 11.1 Å². The average molecular weight is 363 g/mol. The number of aryl methyl sites for hydroxylation is 1. The molecule has 0 aliphatic heterocycles. The molecule has 0 saturated heterocycles. The van der Waals surface area contributed by atoms with E-state index in [2.05, 4.69) is 85.0 Å². The summed E-state index contributed by atoms with van der Waals surface area (Å²) in [7, 11) is 0. The predicted molar refractivity (Wildman–Crippen MR) is 118 cm³/mol. The number of fused-ring (bicyclic) bond motifs is 3. The van der Waals surface area contributed by atoms with Crippen LogP contribution in [-0.2, 0) is 6.42 Å². The molecular weight excluding hydrogens is 342 g/mol. The van der Waals surface area contributed by atoms with Gasteiger partial charge in [-0.2, -0.15) is 0 Å². The number of benzene rings is 4. The minimum atomic E-state index is 0.924. The molecule has 5 aromatic rings. The molecule has 0 aliphatic carbocycles. The van der Waals surface area contributed by atoms with Crippen LogP contribution in [0.1, 0.15) is 12.5 Å². The van der Waals surface area contributed by atoms with Gasteiger partial charge < -0.3 is 9.73 Å². The van der Waals surface area contributed by atoms with Gasteiger partial charge in [-0.3, -0.25) is 0 Å². The SMILES string of the molecule is CCc1cccc(Nc2cccc(-c3ccc4c(c3)oc3ccccc34)c2)c1. The van der Waals surface area contributed by atoms with E-state index in [1.54, 1.807) is 0 Å². The standard InChI is InChI=1S/C26H21NO/c1-2-18-7-5-9-21(15-18)27-22-10-6-8-19(16-22)20-13-14-24-23-11-3-4-12-25(23)28-26(24)17-20/h3-17,27H,2H2,1H3. The molecule has 0 unspecified atom stereocenters. The van der Waals surface area contributed by atoms with E-state index in [9.17, 15) is 0 Å². The van der Waals surface area contributed by atoms with Gasteiger partial charge in [0, 0.05) is 22.1 Å². The minimum Gasteiger partial charge on any atom is -0.456 e. The fourth-order valence-corrected chi connectivity index (χ4v) is 3.72. The highest BCUT2D eigenvalue weighted by Crippen LogP contribution is 2.33. The Labute approximate surface area is 164 Å². The summed E-state index contributed by atoms with van der Waals surface area (Å²) in [5.74, 6) is 0. The maximum atomic E-state index is 6.05. The lowest BCUT2D eigenvalue weighted by atomic mass is 10.0. The van der Waals surface area contributed by atoms with E-state index >= 15 is 0 Å². The summed E-state index contributed by atoms with van der Waals surface area (Å²) in [6, 6.07) is 31.7. The molecule has 0 radical (unpaired) electrons. The van der Waals surface area contributed by atoms with E-state index in [0.29, 0.717) is 0 Å². The van der Waals surface area contributed by atoms with Crippen LogP contribution in [0.4, 0.5) is 11.4 Å². The van der Waals surface area contributed by atoms with E-state index in [1.807, 2.05) is 18.2 Å². The van der Waals surface area contributed by atoms with Crippen LogP contribution in [0.3, 0.4) is 0 Å². The Morgan fingerprint density at radius 2 is 1.39 bits per heavy atom. The molecule has 0 amide bonds. The third kappa shape index (κ3) is 3.03. The van der Waals surface area contributed by atoms with Crippen LogP contribution in [0, 0.1) is 0 Å². The van der Waals surface area contributed by atoms with Crippen molar-refractivity contribution in [2.24, 2.45) is 0 Å². The molecule has 0 atom stereocenters. The lowest BCUT2D eigenvalue weighted by Crippen LogP contribution is -1.92. The second kappa shape index (κ2) is 6.90. The highest BCUT2D eigenvalue weighted by atomic mass is 16.3. The highest BCUT2D eigenvalue weighted by molar-refractivity contribution is 6.05. The maximum Gasteiger partial charge on any atom is 0.136 e. The molecule has 136 valence electrons. The molecule has 2 heteroatoms. The average Bonchev–Trinajstić information content (AvgIpc) is 3.12. The number of hydrogen-bond acceptors (Lipinski definition) is 2. The molecule has 0 aliphatic rings. The van der Waals surface area contributed by atoms with Crippen LogP contribution in [0.25, 0.3) is 33.1 Å². The first kappa shape index (κ1) is 16.6. The number of para-hydroxylation sites is 1. The highest BCUT2D eigenvalue weighted by Gasteiger charge is 2.08. The van der Waals surface area contributed by atoms with Crippen LogP contribution in [0.2, 0.25) is 0 Å². The van der Waals surface area contributed by atoms with Gasteiger partial charge in [-0.15, -0.1) is 0 Å². The molecular formula is C26H21NO. The lowest BCUT2D eigenvalue weighted by molar-refractivity contribution is 0.669. The van der Waals surface area contributed by atoms with Crippen LogP contribution in [0.5, 0.6) is 0 Å². The molecule has 5 rings (SSSR count). The quantitative estimate of drug-likeness (QED) is 0.356. The van der Waals surface area contributed by atoms with Gasteiger partial charge in [0.1, 0.15) is 11.2 Å². The van der Waals surface area contributed by atoms with Gasteiger partial charge in [0.15, 0.2) is 0 Å². The third-order valence-corrected chi connectivity index (χ3v) is 5.20. The minimum absolute atomic E-state index is 0.924. The molecule has 0 spiro atoms. The van der Waals surface area contributed by atoms with Gasteiger partial charge in [0.2, 0.25) is 0 Å². The van der Waals surface area contributed by atoms with Gasteiger partial charge in [-0.05, 0) is 65.6 Å². The Bertz CT molecular complexity index is 1280. The summed E-state index contributed by atoms with van der Waals surface area (Å²) in [5, 5.41) is 5.84. The van der Waals surface area contributed by atoms with Gasteiger partial charge >= 0.3 is 0 Å². The number of nitrogens with one attached hydrogen (secondary N) is 1. The molecule has 4 aromatic carbocycles. The van der Waals surface area contributed by atoms with E-state index in [1.165, 1.54) is 11.1 Å². The summed E-state index contributed by atoms with van der Waals surface area (Å²) in [4.78, 5) is 0. The molecule has 1 aromatic heterocycles. The zero-order chi connectivity index (χ0) is 18.9. The second-order valence-electron chi connectivity index (χ2n) is 7.07. The van der Waals surface area contributed by atoms with Crippen molar-refractivity contribution in [1.82, 2.24) is 0 Å². The Kier molecular flexibility index (Phi) is 4.10. The fraction of sp³-hybridized carbons (Fsp3) is 0.0769. The Morgan fingerprint density at radius 1 is 0.643 bits per heavy atom. The zero-order valence-corrected chi connectivity index (χ0v) is 15.8. The summed E-state index contributed by atoms with van der Waals surface area (Å²) >= 11 is 0. The summed E-state index contributed by atoms with van der Waals surface area (Å²) in [5.41, 5.74) is 7.70. The van der Waals surface area contributed by atoms with Crippen LogP contribution in [-0.4, -0.2) is 0 Å². The van der Waals surface area contributed by atoms with Crippen LogP contribution < -0.4 is 5.32 Å². The fourth-order valence-electron chi connectivity index (χ4n) is 3.72. The first-order valence-corrected chi connectivity index (χ1v) is 9.68. The summed E-state index contributed by atoms with van der Waals surface area (Å²) in [6.45, 7) is 2.17. The largest absolute Gasteiger partial charge is 0.456 e. The normalized spacial score (nSPS) is 11.2. The van der Waals surface area contributed by atoms with E-state index in [0.717, 1.165) is 45.3 Å². The smallest absolute Gasteiger partial charge is 0.136 e. The monoisotopic (exact) mass is 363 g/mol. The van der Waals surface area contributed by atoms with E-state index < -0.39 is 0 Å². The molecule has 1 N–H and O–H groups in total. The maximum absolute atomic E-state index is 6.05. The molecule has 2 nitrogen and oxygen atoms in total. The van der Waals surface area contributed by atoms with Gasteiger partial charge in [-0.1, -0.05) is 55.5 Å².